The summed E-state index contributed by atoms with van der Waals surface area (Å²) in [6.45, 7) is 5.78. The molecule has 100 valence electrons. The minimum absolute atomic E-state index is 0.0326. The van der Waals surface area contributed by atoms with Gasteiger partial charge < -0.3 is 15.4 Å². The highest BCUT2D eigenvalue weighted by Crippen LogP contribution is 2.01. The first-order chi connectivity index (χ1) is 8.30. The van der Waals surface area contributed by atoms with Crippen LogP contribution >= 0.6 is 0 Å². The van der Waals surface area contributed by atoms with Gasteiger partial charge in [0.2, 0.25) is 0 Å². The van der Waals surface area contributed by atoms with E-state index in [1.165, 1.54) is 13.3 Å². The number of rotatable bonds is 5. The van der Waals surface area contributed by atoms with E-state index in [2.05, 4.69) is 15.4 Å². The molecule has 0 unspecified atom stereocenters. The molecule has 0 fully saturated rings. The standard InChI is InChI=1S/C12H19N3O3/c1-12(2,3)15-11(17)9(7-13)8-14-6-5-10(16)18-4/h8,14H,5-6H2,1-4H3,(H,15,17)/b9-8-. The maximum atomic E-state index is 11.6. The van der Waals surface area contributed by atoms with Crippen LogP contribution in [0.25, 0.3) is 0 Å². The number of methoxy groups -OCH3 is 1. The molecule has 0 atom stereocenters. The first kappa shape index (κ1) is 16.0. The molecule has 0 radical (unpaired) electrons. The highest BCUT2D eigenvalue weighted by atomic mass is 16.5. The molecule has 0 aliphatic carbocycles. The SMILES string of the molecule is COC(=O)CCN/C=C(/C#N)C(=O)NC(C)(C)C. The molecule has 0 aliphatic rings. The quantitative estimate of drug-likeness (QED) is 0.321. The zero-order chi connectivity index (χ0) is 14.2. The lowest BCUT2D eigenvalue weighted by Gasteiger charge is -2.19. The Labute approximate surface area is 107 Å². The van der Waals surface area contributed by atoms with E-state index in [9.17, 15) is 9.59 Å². The van der Waals surface area contributed by atoms with Gasteiger partial charge in [-0.05, 0) is 20.8 Å². The van der Waals surface area contributed by atoms with Gasteiger partial charge in [0.25, 0.3) is 5.91 Å². The van der Waals surface area contributed by atoms with Gasteiger partial charge in [-0.15, -0.1) is 0 Å². The molecule has 0 spiro atoms. The average Bonchev–Trinajstić information content (AvgIpc) is 2.26. The molecule has 6 nitrogen and oxygen atoms in total. The van der Waals surface area contributed by atoms with Crippen LogP contribution in [0.2, 0.25) is 0 Å². The van der Waals surface area contributed by atoms with Gasteiger partial charge in [-0.25, -0.2) is 0 Å². The van der Waals surface area contributed by atoms with Gasteiger partial charge in [-0.2, -0.15) is 5.26 Å². The van der Waals surface area contributed by atoms with E-state index in [-0.39, 0.29) is 18.0 Å². The fraction of sp³-hybridized carbons (Fsp3) is 0.583. The minimum Gasteiger partial charge on any atom is -0.469 e. The van der Waals surface area contributed by atoms with Crippen LogP contribution in [0, 0.1) is 11.3 Å². The summed E-state index contributed by atoms with van der Waals surface area (Å²) in [5.41, 5.74) is -0.436. The molecule has 0 saturated heterocycles. The fourth-order valence-corrected chi connectivity index (χ4v) is 1.01. The molecule has 0 heterocycles. The predicted molar refractivity (Wildman–Crippen MR) is 66.2 cm³/mol. The molecule has 2 N–H and O–H groups in total. The molecular weight excluding hydrogens is 234 g/mol. The molecule has 18 heavy (non-hydrogen) atoms. The number of hydrogen-bond acceptors (Lipinski definition) is 5. The number of hydrogen-bond donors (Lipinski definition) is 2. The number of amides is 1. The Morgan fingerprint density at radius 1 is 1.39 bits per heavy atom. The first-order valence-electron chi connectivity index (χ1n) is 5.53. The minimum atomic E-state index is -0.449. The Bertz CT molecular complexity index is 375. The zero-order valence-corrected chi connectivity index (χ0v) is 11.2. The Morgan fingerprint density at radius 2 is 2.00 bits per heavy atom. The zero-order valence-electron chi connectivity index (χ0n) is 11.2. The van der Waals surface area contributed by atoms with Crippen molar-refractivity contribution in [3.8, 4) is 6.07 Å². The Morgan fingerprint density at radius 3 is 2.44 bits per heavy atom. The number of nitriles is 1. The fourth-order valence-electron chi connectivity index (χ4n) is 1.01. The Kier molecular flexibility index (Phi) is 6.50. The smallest absolute Gasteiger partial charge is 0.307 e. The number of nitrogens with one attached hydrogen (secondary N) is 2. The van der Waals surface area contributed by atoms with Crippen molar-refractivity contribution in [3.63, 3.8) is 0 Å². The number of ether oxygens (including phenoxy) is 1. The highest BCUT2D eigenvalue weighted by molar-refractivity contribution is 5.97. The van der Waals surface area contributed by atoms with E-state index < -0.39 is 11.4 Å². The summed E-state index contributed by atoms with van der Waals surface area (Å²) in [5.74, 6) is -0.802. The van der Waals surface area contributed by atoms with Crippen LogP contribution in [0.15, 0.2) is 11.8 Å². The summed E-state index contributed by atoms with van der Waals surface area (Å²) >= 11 is 0. The molecule has 0 aromatic heterocycles. The highest BCUT2D eigenvalue weighted by Gasteiger charge is 2.16. The number of esters is 1. The van der Waals surface area contributed by atoms with Crippen molar-refractivity contribution in [1.29, 1.82) is 5.26 Å². The van der Waals surface area contributed by atoms with Gasteiger partial charge in [0, 0.05) is 18.3 Å². The van der Waals surface area contributed by atoms with E-state index in [4.69, 9.17) is 5.26 Å². The molecule has 0 rings (SSSR count). The molecule has 6 heteroatoms. The lowest BCUT2D eigenvalue weighted by Crippen LogP contribution is -2.41. The van der Waals surface area contributed by atoms with Gasteiger partial charge in [0.1, 0.15) is 11.6 Å². The van der Waals surface area contributed by atoms with E-state index in [0.717, 1.165) is 0 Å². The first-order valence-corrected chi connectivity index (χ1v) is 5.53. The molecule has 0 aromatic rings. The van der Waals surface area contributed by atoms with Crippen LogP contribution in [0.1, 0.15) is 27.2 Å². The van der Waals surface area contributed by atoms with Crippen LogP contribution in [0.5, 0.6) is 0 Å². The van der Waals surface area contributed by atoms with Crippen LogP contribution in [-0.2, 0) is 14.3 Å². The Balaban J connectivity index is 4.29. The van der Waals surface area contributed by atoms with E-state index in [1.807, 2.05) is 20.8 Å². The second kappa shape index (κ2) is 7.33. The van der Waals surface area contributed by atoms with Crippen molar-refractivity contribution in [2.24, 2.45) is 0 Å². The molecule has 0 bridgehead atoms. The lowest BCUT2D eigenvalue weighted by molar-refractivity contribution is -0.140. The van der Waals surface area contributed by atoms with Gasteiger partial charge in [-0.3, -0.25) is 9.59 Å². The number of carbonyl (C=O) groups excluding carboxylic acids is 2. The third kappa shape index (κ3) is 7.28. The molecule has 0 aromatic carbocycles. The topological polar surface area (TPSA) is 91.2 Å². The summed E-state index contributed by atoms with van der Waals surface area (Å²) in [7, 11) is 1.30. The average molecular weight is 253 g/mol. The molecular formula is C12H19N3O3. The second-order valence-corrected chi connectivity index (χ2v) is 4.65. The van der Waals surface area contributed by atoms with Crippen LogP contribution < -0.4 is 10.6 Å². The van der Waals surface area contributed by atoms with Crippen molar-refractivity contribution < 1.29 is 14.3 Å². The number of carbonyl (C=O) groups is 2. The third-order valence-corrected chi connectivity index (χ3v) is 1.80. The second-order valence-electron chi connectivity index (χ2n) is 4.65. The summed E-state index contributed by atoms with van der Waals surface area (Å²) in [6, 6.07) is 1.80. The Hall–Kier alpha value is -2.03. The maximum absolute atomic E-state index is 11.6. The molecule has 0 saturated carbocycles. The van der Waals surface area contributed by atoms with E-state index in [1.54, 1.807) is 6.07 Å². The monoisotopic (exact) mass is 253 g/mol. The van der Waals surface area contributed by atoms with Crippen LogP contribution in [-0.4, -0.2) is 31.1 Å². The third-order valence-electron chi connectivity index (χ3n) is 1.80. The van der Waals surface area contributed by atoms with Crippen LogP contribution in [0.3, 0.4) is 0 Å². The van der Waals surface area contributed by atoms with E-state index >= 15 is 0 Å². The lowest BCUT2D eigenvalue weighted by atomic mass is 10.1. The summed E-state index contributed by atoms with van der Waals surface area (Å²) < 4.78 is 4.45. The summed E-state index contributed by atoms with van der Waals surface area (Å²) in [6.07, 6.45) is 1.47. The molecule has 0 aliphatic heterocycles. The van der Waals surface area contributed by atoms with Gasteiger partial charge in [0.05, 0.1) is 13.5 Å². The van der Waals surface area contributed by atoms with Crippen molar-refractivity contribution in [1.82, 2.24) is 10.6 Å². The van der Waals surface area contributed by atoms with Crippen molar-refractivity contribution in [2.45, 2.75) is 32.7 Å². The van der Waals surface area contributed by atoms with E-state index in [0.29, 0.717) is 6.54 Å². The predicted octanol–water partition coefficient (Wildman–Crippen LogP) is 0.461. The van der Waals surface area contributed by atoms with Gasteiger partial charge >= 0.3 is 5.97 Å². The van der Waals surface area contributed by atoms with Crippen molar-refractivity contribution in [2.75, 3.05) is 13.7 Å². The van der Waals surface area contributed by atoms with Gasteiger partial charge in [0.15, 0.2) is 0 Å². The largest absolute Gasteiger partial charge is 0.469 e. The molecule has 1 amide bonds. The van der Waals surface area contributed by atoms with Gasteiger partial charge in [-0.1, -0.05) is 0 Å². The summed E-state index contributed by atoms with van der Waals surface area (Å²) in [4.78, 5) is 22.5. The van der Waals surface area contributed by atoms with Crippen molar-refractivity contribution >= 4 is 11.9 Å². The summed E-state index contributed by atoms with van der Waals surface area (Å²) in [5, 5.41) is 14.2. The number of nitrogens with zero attached hydrogens (tertiary/aromatic N) is 1. The normalized spacial score (nSPS) is 11.4. The van der Waals surface area contributed by atoms with Crippen molar-refractivity contribution in [3.05, 3.63) is 11.8 Å². The van der Waals surface area contributed by atoms with Crippen LogP contribution in [0.4, 0.5) is 0 Å². The maximum Gasteiger partial charge on any atom is 0.307 e.